The first-order valence-electron chi connectivity index (χ1n) is 43.5. The van der Waals surface area contributed by atoms with Crippen LogP contribution in [0, 0.1) is 73.5 Å². The van der Waals surface area contributed by atoms with Crippen LogP contribution in [0.3, 0.4) is 0 Å². The molecule has 660 valence electrons. The molecule has 5 aliphatic heterocycles. The molecule has 1 aliphatic carbocycles. The highest BCUT2D eigenvalue weighted by Gasteiger charge is 2.43. The smallest absolute Gasteiger partial charge is 0.105 e. The third kappa shape index (κ3) is 28.2. The number of benzene rings is 8. The molecule has 5 nitrogen and oxygen atoms in total. The average molecular weight is 1910 g/mol. The van der Waals surface area contributed by atoms with E-state index in [1.54, 1.807) is 129 Å². The van der Waals surface area contributed by atoms with E-state index in [0.717, 1.165) is 72.9 Å². The van der Waals surface area contributed by atoms with E-state index >= 15 is 0 Å². The van der Waals surface area contributed by atoms with Crippen molar-refractivity contribution in [2.45, 2.75) is 178 Å². The molecule has 7 heterocycles. The van der Waals surface area contributed by atoms with Gasteiger partial charge in [-0.3, -0.25) is 0 Å². The molecule has 2 atom stereocenters. The van der Waals surface area contributed by atoms with E-state index in [-0.39, 0.29) is 27.1 Å². The number of thiophene rings is 2. The average Bonchev–Trinajstić information content (AvgIpc) is 1.01. The summed E-state index contributed by atoms with van der Waals surface area (Å²) >= 11 is 21.1. The highest BCUT2D eigenvalue weighted by atomic mass is 32.2. The maximum Gasteiger partial charge on any atom is 0.105 e. The summed E-state index contributed by atoms with van der Waals surface area (Å²) in [6.45, 7) is 54.9. The van der Waals surface area contributed by atoms with Crippen molar-refractivity contribution < 1.29 is 0 Å². The van der Waals surface area contributed by atoms with Gasteiger partial charge in [-0.25, -0.2) is 25.0 Å². The first kappa shape index (κ1) is 99.4. The second-order valence-electron chi connectivity index (χ2n) is 35.4. The maximum atomic E-state index is 5.02. The summed E-state index contributed by atoms with van der Waals surface area (Å²) in [5.74, 6) is 0.731. The van der Waals surface area contributed by atoms with Gasteiger partial charge in [0.15, 0.2) is 0 Å². The lowest BCUT2D eigenvalue weighted by Gasteiger charge is -2.43. The maximum absolute atomic E-state index is 5.02. The Kier molecular flexibility index (Phi) is 36.2. The molecule has 128 heavy (non-hydrogen) atoms. The van der Waals surface area contributed by atoms with Gasteiger partial charge in [0.1, 0.15) is 25.2 Å². The molecule has 0 bridgehead atoms. The largest absolute Gasteiger partial charge is 0.241 e. The summed E-state index contributed by atoms with van der Waals surface area (Å²) in [7, 11) is 0. The lowest BCUT2D eigenvalue weighted by Crippen LogP contribution is -2.31. The lowest BCUT2D eigenvalue weighted by molar-refractivity contribution is 0.252. The van der Waals surface area contributed by atoms with Crippen LogP contribution >= 0.6 is 140 Å². The van der Waals surface area contributed by atoms with Crippen molar-refractivity contribution >= 4 is 194 Å². The molecular weight excluding hydrogens is 1790 g/mol. The van der Waals surface area contributed by atoms with Crippen LogP contribution in [0.25, 0.3) is 0 Å². The van der Waals surface area contributed by atoms with Crippen LogP contribution in [-0.2, 0) is 0 Å². The lowest BCUT2D eigenvalue weighted by atomic mass is 9.70. The van der Waals surface area contributed by atoms with Crippen molar-refractivity contribution in [3.05, 3.63) is 387 Å². The SMILES string of the molecule is C=C1SC(=Nc2ccc(C)cc2)/C(=C/Sc2ccccc2)C(C)C1(C)C.C=C1SC(=Nc2ccc(C)cc2)/C(=C/Sc2ccccc2)CC1(C)C.C=C1SC(=Nc2ccc(C)cc2)/C(=C/Sc2ccccc2)CC12CCCCC2.C=C1SC(=Nc2ccc(C)cc2)/C(=C/Sc2cccs2)C(C)C1(C)C.C=C1SC(=Nc2ccc(C)cc2)/C(=C/Sc2cccs2)CC1(C)C. The minimum absolute atomic E-state index is 0.0417. The van der Waals surface area contributed by atoms with Crippen LogP contribution in [0.5, 0.6) is 0 Å². The zero-order chi connectivity index (χ0) is 91.2. The number of thioether (sulfide) groups is 10. The molecule has 6 aliphatic rings. The molecule has 10 aromatic rings. The molecule has 1 saturated carbocycles. The number of aliphatic imine (C=N–C) groups is 5. The van der Waals surface area contributed by atoms with Crippen LogP contribution in [-0.4, -0.2) is 25.2 Å². The Labute approximate surface area is 815 Å². The molecule has 2 unspecified atom stereocenters. The van der Waals surface area contributed by atoms with E-state index in [4.69, 9.17) is 25.0 Å². The van der Waals surface area contributed by atoms with Crippen LogP contribution in [0.4, 0.5) is 28.4 Å². The van der Waals surface area contributed by atoms with E-state index in [9.17, 15) is 0 Å². The third-order valence-corrected chi connectivity index (χ3v) is 37.1. The van der Waals surface area contributed by atoms with Crippen molar-refractivity contribution in [3.63, 3.8) is 0 Å². The Morgan fingerprint density at radius 1 is 0.297 bits per heavy atom. The fraction of sp³-hybridized carbons (Fsp3) is 0.270. The summed E-state index contributed by atoms with van der Waals surface area (Å²) in [4.78, 5) is 34.5. The third-order valence-electron chi connectivity index (χ3n) is 23.8. The number of allylic oxidation sites excluding steroid dienone is 5. The van der Waals surface area contributed by atoms with Gasteiger partial charge in [0, 0.05) is 30.9 Å². The number of rotatable bonds is 15. The summed E-state index contributed by atoms with van der Waals surface area (Å²) < 4.78 is 2.62. The van der Waals surface area contributed by atoms with E-state index in [1.807, 2.05) is 23.9 Å². The van der Waals surface area contributed by atoms with Gasteiger partial charge in [-0.05, 0) is 289 Å². The van der Waals surface area contributed by atoms with Gasteiger partial charge in [0.2, 0.25) is 0 Å². The van der Waals surface area contributed by atoms with E-state index in [1.165, 1.54) is 135 Å². The second-order valence-corrected chi connectivity index (χ2v) is 47.9. The van der Waals surface area contributed by atoms with Crippen molar-refractivity contribution in [3.8, 4) is 0 Å². The number of aryl methyl sites for hydroxylation is 5. The Bertz CT molecular complexity index is 5820. The van der Waals surface area contributed by atoms with Gasteiger partial charge in [-0.15, -0.1) is 22.7 Å². The van der Waals surface area contributed by atoms with Crippen molar-refractivity contribution in [2.24, 2.45) is 63.9 Å². The summed E-state index contributed by atoms with van der Waals surface area (Å²) in [5.41, 5.74) is 18.4. The fourth-order valence-electron chi connectivity index (χ4n) is 14.2. The molecule has 1 spiro atoms. The van der Waals surface area contributed by atoms with Gasteiger partial charge in [-0.2, -0.15) is 0 Å². The molecule has 8 aromatic carbocycles. The van der Waals surface area contributed by atoms with Crippen LogP contribution < -0.4 is 0 Å². The summed E-state index contributed by atoms with van der Waals surface area (Å²) in [5, 5.41) is 21.0. The predicted molar refractivity (Wildman–Crippen MR) is 586 cm³/mol. The molecule has 17 heteroatoms. The summed E-state index contributed by atoms with van der Waals surface area (Å²) in [6, 6.07) is 82.0. The second kappa shape index (κ2) is 46.7. The molecular formula is C111H119N5S12. The molecule has 5 saturated heterocycles. The van der Waals surface area contributed by atoms with Crippen molar-refractivity contribution in [1.29, 1.82) is 0 Å². The monoisotopic (exact) mass is 1910 g/mol. The normalized spacial score (nSPS) is 21.9. The predicted octanol–water partition coefficient (Wildman–Crippen LogP) is 38.4. The molecule has 2 aromatic heterocycles. The zero-order valence-electron chi connectivity index (χ0n) is 76.5. The number of hydrogen-bond acceptors (Lipinski definition) is 17. The van der Waals surface area contributed by atoms with Gasteiger partial charge in [0.05, 0.1) is 36.9 Å². The zero-order valence-corrected chi connectivity index (χ0v) is 86.3. The Morgan fingerprint density at radius 3 is 0.891 bits per heavy atom. The molecule has 16 rings (SSSR count). The molecule has 0 amide bonds. The Hall–Kier alpha value is -7.59. The van der Waals surface area contributed by atoms with Crippen molar-refractivity contribution in [1.82, 2.24) is 0 Å². The van der Waals surface area contributed by atoms with Crippen LogP contribution in [0.15, 0.2) is 408 Å². The minimum atomic E-state index is 0.0417. The van der Waals surface area contributed by atoms with Gasteiger partial charge in [-0.1, -0.05) is 394 Å². The number of nitrogens with zero attached hydrogens (tertiary/aromatic N) is 5. The molecule has 0 N–H and O–H groups in total. The quantitative estimate of drug-likeness (QED) is 0.0928. The highest BCUT2D eigenvalue weighted by molar-refractivity contribution is 8.19. The summed E-state index contributed by atoms with van der Waals surface area (Å²) in [6.07, 6.45) is 9.55. The standard InChI is InChI=1S/C25H27NS2.C23H25NS2.C22H23NS2.C21H23NS3.C20H21NS3/c1-19-11-13-22(14-12-19)26-24-21(18-27-23-9-5-3-6-10-23)17-25(20(2)28-24)15-7-4-8-16-25;1-16-11-13-19(14-12-16)24-22-21(15-25-20-9-7-6-8-10-20)17(2)23(4,5)18(3)26-22;1-16-10-12-19(13-11-16)23-21-18(14-22(3,4)17(2)25-21)15-24-20-8-6-5-7-9-20;1-14-8-10-17(11-9-14)22-20-18(13-24-19-7-6-12-23-19)15(2)21(4,5)16(3)25-20;1-14-7-9-17(10-8-14)21-19-16(12-20(3,4)15(2)24-19)13-23-18-6-5-11-22-18/h3,5-6,9-14,18H,2,4,7-8,15-17H2,1H3;6-15,17H,3H2,1-2,4-5H3;5-13,15H,2,14H2,1,3-4H3;6-13,15H,3H2,1-2,4-5H3;5-11,13H,2,12H2,1,3-4H3/b21-18+,26-24?;21-15+,24-22?;18-15+,23-21?;18-13+,22-20?;16-13+,21-19?. The van der Waals surface area contributed by atoms with Crippen LogP contribution in [0.2, 0.25) is 0 Å². The van der Waals surface area contributed by atoms with Crippen molar-refractivity contribution in [2.75, 3.05) is 0 Å². The Balaban J connectivity index is 0.000000145. The van der Waals surface area contributed by atoms with E-state index in [0.29, 0.717) is 11.8 Å². The first-order valence-corrected chi connectivity index (χ1v) is 53.7. The number of hydrogen-bond donors (Lipinski definition) is 0. The molecule has 6 fully saturated rings. The minimum Gasteiger partial charge on any atom is -0.241 e. The molecule has 0 radical (unpaired) electrons. The topological polar surface area (TPSA) is 61.8 Å². The first-order chi connectivity index (χ1) is 61.3. The van der Waals surface area contributed by atoms with Crippen LogP contribution in [0.1, 0.15) is 148 Å². The van der Waals surface area contributed by atoms with E-state index < -0.39 is 0 Å². The fourth-order valence-corrected chi connectivity index (χ4v) is 25.9. The highest BCUT2D eigenvalue weighted by Crippen LogP contribution is 2.58. The van der Waals surface area contributed by atoms with Gasteiger partial charge < -0.3 is 0 Å². The van der Waals surface area contributed by atoms with Gasteiger partial charge >= 0.3 is 0 Å². The Morgan fingerprint density at radius 2 is 0.570 bits per heavy atom. The van der Waals surface area contributed by atoms with Gasteiger partial charge in [0.25, 0.3) is 0 Å². The van der Waals surface area contributed by atoms with E-state index in [2.05, 4.69) is 399 Å².